The van der Waals surface area contributed by atoms with Crippen LogP contribution in [0.1, 0.15) is 28.2 Å². The van der Waals surface area contributed by atoms with Crippen LogP contribution in [0.4, 0.5) is 8.78 Å². The van der Waals surface area contributed by atoms with Crippen LogP contribution in [0, 0.1) is 6.92 Å². The highest BCUT2D eigenvalue weighted by molar-refractivity contribution is 6.29. The van der Waals surface area contributed by atoms with Gasteiger partial charge >= 0.3 is 5.97 Å². The third kappa shape index (κ3) is 2.62. The second kappa shape index (κ2) is 5.54. The fourth-order valence-electron chi connectivity index (χ4n) is 1.68. The zero-order valence-corrected chi connectivity index (χ0v) is 11.4. The van der Waals surface area contributed by atoms with E-state index in [0.29, 0.717) is 5.69 Å². The second-order valence-electron chi connectivity index (χ2n) is 3.92. The van der Waals surface area contributed by atoms with Crippen LogP contribution in [0.5, 0.6) is 0 Å². The van der Waals surface area contributed by atoms with Crippen molar-refractivity contribution in [3.63, 3.8) is 0 Å². The summed E-state index contributed by atoms with van der Waals surface area (Å²) in [5.41, 5.74) is 0.0872. The molecule has 0 aromatic carbocycles. The molecule has 0 N–H and O–H groups in total. The topological polar surface area (TPSA) is 57.0 Å². The van der Waals surface area contributed by atoms with E-state index < -0.39 is 18.1 Å². The Labute approximate surface area is 118 Å². The van der Waals surface area contributed by atoms with E-state index in [0.717, 1.165) is 4.68 Å². The molecule has 0 saturated carbocycles. The van der Waals surface area contributed by atoms with Gasteiger partial charge in [-0.05, 0) is 25.1 Å². The maximum Gasteiger partial charge on any atom is 0.341 e. The standard InChI is InChI=1S/C12H10ClF2N3O2/c1-6-5-8(10(14)15)17-18(6)11-7(12(19)20-2)3-4-9(13)16-11/h3-5,10H,1-2H3. The van der Waals surface area contributed by atoms with Gasteiger partial charge in [0.25, 0.3) is 6.43 Å². The Morgan fingerprint density at radius 1 is 1.45 bits per heavy atom. The highest BCUT2D eigenvalue weighted by atomic mass is 35.5. The number of ether oxygens (including phenoxy) is 1. The number of rotatable bonds is 3. The normalized spacial score (nSPS) is 10.9. The van der Waals surface area contributed by atoms with E-state index >= 15 is 0 Å². The summed E-state index contributed by atoms with van der Waals surface area (Å²) >= 11 is 5.78. The van der Waals surface area contributed by atoms with Gasteiger partial charge in [0, 0.05) is 5.69 Å². The van der Waals surface area contributed by atoms with Gasteiger partial charge < -0.3 is 4.74 Å². The minimum absolute atomic E-state index is 0.0498. The van der Waals surface area contributed by atoms with E-state index in [2.05, 4.69) is 14.8 Å². The average Bonchev–Trinajstić information content (AvgIpc) is 2.80. The van der Waals surface area contributed by atoms with Gasteiger partial charge in [0.15, 0.2) is 5.82 Å². The molecule has 20 heavy (non-hydrogen) atoms. The molecule has 0 bridgehead atoms. The van der Waals surface area contributed by atoms with Crippen LogP contribution in [0.15, 0.2) is 18.2 Å². The van der Waals surface area contributed by atoms with Crippen molar-refractivity contribution < 1.29 is 18.3 Å². The van der Waals surface area contributed by atoms with Crippen LogP contribution in [0.25, 0.3) is 5.82 Å². The molecule has 0 amide bonds. The summed E-state index contributed by atoms with van der Waals surface area (Å²) in [6.07, 6.45) is -2.71. The second-order valence-corrected chi connectivity index (χ2v) is 4.31. The third-order valence-electron chi connectivity index (χ3n) is 2.58. The molecule has 2 aromatic heterocycles. The van der Waals surface area contributed by atoms with Gasteiger partial charge in [-0.25, -0.2) is 23.2 Å². The molecule has 0 aliphatic carbocycles. The number of hydrogen-bond acceptors (Lipinski definition) is 4. The first-order chi connectivity index (χ1) is 9.43. The minimum atomic E-state index is -2.71. The maximum absolute atomic E-state index is 12.7. The third-order valence-corrected chi connectivity index (χ3v) is 2.79. The molecule has 2 aromatic rings. The number of pyridine rings is 1. The number of aromatic nitrogens is 3. The Balaban J connectivity index is 2.62. The molecular weight excluding hydrogens is 292 g/mol. The lowest BCUT2D eigenvalue weighted by Gasteiger charge is -2.08. The van der Waals surface area contributed by atoms with Gasteiger partial charge in [-0.1, -0.05) is 11.6 Å². The molecule has 106 valence electrons. The highest BCUT2D eigenvalue weighted by Gasteiger charge is 2.20. The van der Waals surface area contributed by atoms with Crippen molar-refractivity contribution >= 4 is 17.6 Å². The Morgan fingerprint density at radius 3 is 2.70 bits per heavy atom. The minimum Gasteiger partial charge on any atom is -0.465 e. The summed E-state index contributed by atoms with van der Waals surface area (Å²) in [7, 11) is 1.21. The molecule has 0 unspecified atom stereocenters. The first-order valence-corrected chi connectivity index (χ1v) is 5.91. The Kier molecular flexibility index (Phi) is 3.99. The monoisotopic (exact) mass is 301 g/mol. The van der Waals surface area contributed by atoms with Gasteiger partial charge in [0.2, 0.25) is 0 Å². The molecular formula is C12H10ClF2N3O2. The predicted octanol–water partition coefficient (Wildman–Crippen LogP) is 2.95. The number of carbonyl (C=O) groups is 1. The number of esters is 1. The maximum atomic E-state index is 12.7. The average molecular weight is 302 g/mol. The van der Waals surface area contributed by atoms with Gasteiger partial charge in [-0.2, -0.15) is 5.10 Å². The molecule has 8 heteroatoms. The van der Waals surface area contributed by atoms with E-state index in [1.807, 2.05) is 0 Å². The SMILES string of the molecule is COC(=O)c1ccc(Cl)nc1-n1nc(C(F)F)cc1C. The lowest BCUT2D eigenvalue weighted by atomic mass is 10.2. The summed E-state index contributed by atoms with van der Waals surface area (Å²) in [5.74, 6) is -0.605. The van der Waals surface area contributed by atoms with Crippen LogP contribution >= 0.6 is 11.6 Å². The lowest BCUT2D eigenvalue weighted by molar-refractivity contribution is 0.0600. The number of hydrogen-bond donors (Lipinski definition) is 0. The predicted molar refractivity (Wildman–Crippen MR) is 67.4 cm³/mol. The number of alkyl halides is 2. The molecule has 0 saturated heterocycles. The van der Waals surface area contributed by atoms with Crippen LogP contribution in [-0.2, 0) is 4.74 Å². The first-order valence-electron chi connectivity index (χ1n) is 5.54. The fourth-order valence-corrected chi connectivity index (χ4v) is 1.82. The first kappa shape index (κ1) is 14.4. The Bertz CT molecular complexity index is 658. The largest absolute Gasteiger partial charge is 0.465 e. The smallest absolute Gasteiger partial charge is 0.341 e. The molecule has 2 heterocycles. The van der Waals surface area contributed by atoms with E-state index in [1.54, 1.807) is 6.92 Å². The van der Waals surface area contributed by atoms with Crippen molar-refractivity contribution in [1.82, 2.24) is 14.8 Å². The summed E-state index contributed by atoms with van der Waals surface area (Å²) < 4.78 is 31.1. The van der Waals surface area contributed by atoms with Gasteiger partial charge in [-0.3, -0.25) is 0 Å². The Hall–Kier alpha value is -2.02. The molecule has 0 spiro atoms. The summed E-state index contributed by atoms with van der Waals surface area (Å²) in [4.78, 5) is 15.6. The van der Waals surface area contributed by atoms with Gasteiger partial charge in [0.05, 0.1) is 7.11 Å². The van der Waals surface area contributed by atoms with E-state index in [1.165, 1.54) is 25.3 Å². The van der Waals surface area contributed by atoms with Crippen LogP contribution in [-0.4, -0.2) is 27.8 Å². The van der Waals surface area contributed by atoms with E-state index in [4.69, 9.17) is 11.6 Å². The van der Waals surface area contributed by atoms with Crippen LogP contribution in [0.2, 0.25) is 5.15 Å². The molecule has 0 aliphatic rings. The van der Waals surface area contributed by atoms with Crippen molar-refractivity contribution in [2.45, 2.75) is 13.3 Å². The van der Waals surface area contributed by atoms with E-state index in [-0.39, 0.29) is 16.5 Å². The van der Waals surface area contributed by atoms with Crippen LogP contribution < -0.4 is 0 Å². The molecule has 5 nitrogen and oxygen atoms in total. The molecule has 0 radical (unpaired) electrons. The zero-order valence-electron chi connectivity index (χ0n) is 10.6. The highest BCUT2D eigenvalue weighted by Crippen LogP contribution is 2.22. The molecule has 0 aliphatic heterocycles. The van der Waals surface area contributed by atoms with Crippen molar-refractivity contribution in [2.75, 3.05) is 7.11 Å². The number of carbonyl (C=O) groups excluding carboxylic acids is 1. The number of halogens is 3. The fraction of sp³-hybridized carbons (Fsp3) is 0.250. The van der Waals surface area contributed by atoms with Gasteiger partial charge in [0.1, 0.15) is 16.4 Å². The zero-order chi connectivity index (χ0) is 14.9. The number of methoxy groups -OCH3 is 1. The van der Waals surface area contributed by atoms with Crippen molar-refractivity contribution in [1.29, 1.82) is 0 Å². The summed E-state index contributed by atoms with van der Waals surface area (Å²) in [5, 5.41) is 3.85. The Morgan fingerprint density at radius 2 is 2.15 bits per heavy atom. The van der Waals surface area contributed by atoms with Crippen molar-refractivity contribution in [3.8, 4) is 5.82 Å². The lowest BCUT2D eigenvalue weighted by Crippen LogP contribution is -2.12. The van der Waals surface area contributed by atoms with Crippen molar-refractivity contribution in [3.05, 3.63) is 40.3 Å². The molecule has 0 fully saturated rings. The van der Waals surface area contributed by atoms with Gasteiger partial charge in [-0.15, -0.1) is 0 Å². The van der Waals surface area contributed by atoms with Crippen molar-refractivity contribution in [2.24, 2.45) is 0 Å². The quantitative estimate of drug-likeness (QED) is 0.646. The van der Waals surface area contributed by atoms with Crippen LogP contribution in [0.3, 0.4) is 0 Å². The summed E-state index contributed by atoms with van der Waals surface area (Å²) in [6.45, 7) is 1.57. The number of aryl methyl sites for hydroxylation is 1. The number of nitrogens with zero attached hydrogens (tertiary/aromatic N) is 3. The molecule has 2 rings (SSSR count). The van der Waals surface area contributed by atoms with E-state index in [9.17, 15) is 13.6 Å². The summed E-state index contributed by atoms with van der Waals surface area (Å²) in [6, 6.07) is 4.03. The molecule has 0 atom stereocenters.